The molecule has 102 valence electrons. The van der Waals surface area contributed by atoms with Gasteiger partial charge in [0.1, 0.15) is 5.60 Å². The third-order valence-electron chi connectivity index (χ3n) is 2.31. The highest BCUT2D eigenvalue weighted by atomic mass is 16.6. The van der Waals surface area contributed by atoms with Crippen molar-refractivity contribution in [1.29, 1.82) is 0 Å². The summed E-state index contributed by atoms with van der Waals surface area (Å²) >= 11 is 0. The molecule has 3 heteroatoms. The number of alkyl carbamates (subject to hydrolysis) is 1. The van der Waals surface area contributed by atoms with Gasteiger partial charge in [-0.25, -0.2) is 4.79 Å². The van der Waals surface area contributed by atoms with Crippen molar-refractivity contribution in [2.24, 2.45) is 0 Å². The van der Waals surface area contributed by atoms with Crippen LogP contribution >= 0.6 is 0 Å². The number of nitrogens with one attached hydrogen (secondary N) is 1. The van der Waals surface area contributed by atoms with Crippen LogP contribution in [0, 0.1) is 11.8 Å². The zero-order valence-electron chi connectivity index (χ0n) is 12.0. The lowest BCUT2D eigenvalue weighted by molar-refractivity contribution is 0.0528. The summed E-state index contributed by atoms with van der Waals surface area (Å²) in [5.74, 6) is 5.85. The van der Waals surface area contributed by atoms with Crippen molar-refractivity contribution in [2.75, 3.05) is 6.54 Å². The summed E-state index contributed by atoms with van der Waals surface area (Å²) in [4.78, 5) is 11.4. The minimum Gasteiger partial charge on any atom is -0.444 e. The quantitative estimate of drug-likeness (QED) is 0.847. The van der Waals surface area contributed by atoms with E-state index in [9.17, 15) is 4.79 Å². The van der Waals surface area contributed by atoms with Crippen molar-refractivity contribution < 1.29 is 9.53 Å². The summed E-state index contributed by atoms with van der Waals surface area (Å²) in [6.07, 6.45) is 0.403. The Bertz CT molecular complexity index is 472. The van der Waals surface area contributed by atoms with E-state index in [4.69, 9.17) is 4.74 Å². The SMILES string of the molecule is CC#Cc1ccc(CCNC(=O)OC(C)(C)C)cc1. The Morgan fingerprint density at radius 2 is 1.89 bits per heavy atom. The molecule has 0 aliphatic carbocycles. The van der Waals surface area contributed by atoms with Crippen molar-refractivity contribution >= 4 is 6.09 Å². The minimum absolute atomic E-state index is 0.374. The van der Waals surface area contributed by atoms with E-state index in [1.54, 1.807) is 0 Å². The van der Waals surface area contributed by atoms with Gasteiger partial charge >= 0.3 is 6.09 Å². The largest absolute Gasteiger partial charge is 0.444 e. The standard InChI is InChI=1S/C16H21NO2/c1-5-6-13-7-9-14(10-8-13)11-12-17-15(18)19-16(2,3)4/h7-10H,11-12H2,1-4H3,(H,17,18). The molecule has 1 N–H and O–H groups in total. The van der Waals surface area contributed by atoms with Crippen LogP contribution in [0.5, 0.6) is 0 Å². The van der Waals surface area contributed by atoms with Gasteiger partial charge in [0.25, 0.3) is 0 Å². The van der Waals surface area contributed by atoms with Gasteiger partial charge in [0, 0.05) is 12.1 Å². The average Bonchev–Trinajstić information content (AvgIpc) is 2.29. The van der Waals surface area contributed by atoms with Gasteiger partial charge < -0.3 is 10.1 Å². The molecule has 0 saturated heterocycles. The molecule has 0 fully saturated rings. The topological polar surface area (TPSA) is 38.3 Å². The lowest BCUT2D eigenvalue weighted by Crippen LogP contribution is -2.33. The normalized spacial score (nSPS) is 10.3. The first-order chi connectivity index (χ1) is 8.90. The Morgan fingerprint density at radius 1 is 1.26 bits per heavy atom. The predicted molar refractivity (Wildman–Crippen MR) is 76.9 cm³/mol. The van der Waals surface area contributed by atoms with Gasteiger partial charge in [-0.2, -0.15) is 0 Å². The van der Waals surface area contributed by atoms with E-state index in [1.165, 1.54) is 0 Å². The van der Waals surface area contributed by atoms with Gasteiger partial charge in [-0.05, 0) is 51.8 Å². The second-order valence-electron chi connectivity index (χ2n) is 5.25. The van der Waals surface area contributed by atoms with Crippen molar-refractivity contribution in [3.63, 3.8) is 0 Å². The molecule has 0 unspecified atom stereocenters. The van der Waals surface area contributed by atoms with E-state index in [2.05, 4.69) is 17.2 Å². The first-order valence-corrected chi connectivity index (χ1v) is 6.39. The molecule has 0 bridgehead atoms. The predicted octanol–water partition coefficient (Wildman–Crippen LogP) is 3.13. The van der Waals surface area contributed by atoms with Gasteiger partial charge in [0.15, 0.2) is 0 Å². The van der Waals surface area contributed by atoms with E-state index < -0.39 is 5.60 Å². The average molecular weight is 259 g/mol. The maximum atomic E-state index is 11.4. The number of ether oxygens (including phenoxy) is 1. The summed E-state index contributed by atoms with van der Waals surface area (Å²) in [6.45, 7) is 7.92. The summed E-state index contributed by atoms with van der Waals surface area (Å²) in [7, 11) is 0. The van der Waals surface area contributed by atoms with Crippen LogP contribution in [0.2, 0.25) is 0 Å². The molecule has 19 heavy (non-hydrogen) atoms. The van der Waals surface area contributed by atoms with Crippen molar-refractivity contribution in [2.45, 2.75) is 39.7 Å². The Morgan fingerprint density at radius 3 is 2.42 bits per heavy atom. The first-order valence-electron chi connectivity index (χ1n) is 6.39. The van der Waals surface area contributed by atoms with Crippen LogP contribution in [0.4, 0.5) is 4.79 Å². The Hall–Kier alpha value is -1.95. The van der Waals surface area contributed by atoms with Crippen molar-refractivity contribution in [3.05, 3.63) is 35.4 Å². The molecular formula is C16H21NO2. The number of hydrogen-bond acceptors (Lipinski definition) is 2. The molecule has 1 aromatic rings. The van der Waals surface area contributed by atoms with Gasteiger partial charge in [-0.3, -0.25) is 0 Å². The van der Waals surface area contributed by atoms with Crippen LogP contribution in [0.1, 0.15) is 38.8 Å². The number of rotatable bonds is 3. The molecule has 1 amide bonds. The van der Waals surface area contributed by atoms with Crippen LogP contribution < -0.4 is 5.32 Å². The second-order valence-corrected chi connectivity index (χ2v) is 5.25. The molecule has 1 aromatic carbocycles. The zero-order valence-corrected chi connectivity index (χ0v) is 12.0. The van der Waals surface area contributed by atoms with Crippen LogP contribution in [0.15, 0.2) is 24.3 Å². The minimum atomic E-state index is -0.454. The maximum Gasteiger partial charge on any atom is 0.407 e. The van der Waals surface area contributed by atoms with Gasteiger partial charge in [-0.15, -0.1) is 5.92 Å². The van der Waals surface area contributed by atoms with Crippen LogP contribution in [-0.2, 0) is 11.2 Å². The molecule has 0 saturated carbocycles. The van der Waals surface area contributed by atoms with E-state index >= 15 is 0 Å². The van der Waals surface area contributed by atoms with Crippen molar-refractivity contribution in [3.8, 4) is 11.8 Å². The van der Waals surface area contributed by atoms with Gasteiger partial charge in [0.2, 0.25) is 0 Å². The number of carbonyl (C=O) groups is 1. The molecule has 0 radical (unpaired) electrons. The summed E-state index contributed by atoms with van der Waals surface area (Å²) < 4.78 is 5.16. The van der Waals surface area contributed by atoms with E-state index in [-0.39, 0.29) is 6.09 Å². The summed E-state index contributed by atoms with van der Waals surface area (Å²) in [6, 6.07) is 8.02. The fourth-order valence-corrected chi connectivity index (χ4v) is 1.52. The molecule has 0 aliphatic rings. The Kier molecular flexibility index (Phi) is 5.44. The van der Waals surface area contributed by atoms with E-state index in [0.29, 0.717) is 6.54 Å². The van der Waals surface area contributed by atoms with Crippen molar-refractivity contribution in [1.82, 2.24) is 5.32 Å². The molecule has 1 rings (SSSR count). The second kappa shape index (κ2) is 6.84. The summed E-state index contributed by atoms with van der Waals surface area (Å²) in [5, 5.41) is 2.74. The fraction of sp³-hybridized carbons (Fsp3) is 0.438. The lowest BCUT2D eigenvalue weighted by Gasteiger charge is -2.19. The number of hydrogen-bond donors (Lipinski definition) is 1. The molecule has 0 heterocycles. The van der Waals surface area contributed by atoms with E-state index in [1.807, 2.05) is 52.0 Å². The molecule has 0 atom stereocenters. The molecule has 0 aromatic heterocycles. The first kappa shape index (κ1) is 15.1. The monoisotopic (exact) mass is 259 g/mol. The Labute approximate surface area is 115 Å². The molecule has 3 nitrogen and oxygen atoms in total. The van der Waals surface area contributed by atoms with E-state index in [0.717, 1.165) is 17.5 Å². The molecular weight excluding hydrogens is 238 g/mol. The Balaban J connectivity index is 2.36. The zero-order chi connectivity index (χ0) is 14.3. The van der Waals surface area contributed by atoms with Gasteiger partial charge in [-0.1, -0.05) is 18.1 Å². The number of amides is 1. The van der Waals surface area contributed by atoms with Crippen LogP contribution in [0.3, 0.4) is 0 Å². The van der Waals surface area contributed by atoms with Gasteiger partial charge in [0.05, 0.1) is 0 Å². The number of carbonyl (C=O) groups excluding carboxylic acids is 1. The highest BCUT2D eigenvalue weighted by Gasteiger charge is 2.15. The fourth-order valence-electron chi connectivity index (χ4n) is 1.52. The third-order valence-corrected chi connectivity index (χ3v) is 2.31. The molecule has 0 spiro atoms. The summed E-state index contributed by atoms with van der Waals surface area (Å²) in [5.41, 5.74) is 1.72. The third kappa shape index (κ3) is 6.52. The molecule has 0 aliphatic heterocycles. The highest BCUT2D eigenvalue weighted by molar-refractivity contribution is 5.67. The number of benzene rings is 1. The van der Waals surface area contributed by atoms with Crippen LogP contribution in [0.25, 0.3) is 0 Å². The maximum absolute atomic E-state index is 11.4. The smallest absolute Gasteiger partial charge is 0.407 e. The van der Waals surface area contributed by atoms with Crippen LogP contribution in [-0.4, -0.2) is 18.2 Å². The highest BCUT2D eigenvalue weighted by Crippen LogP contribution is 2.07. The lowest BCUT2D eigenvalue weighted by atomic mass is 10.1.